The summed E-state index contributed by atoms with van der Waals surface area (Å²) in [4.78, 5) is 12.1. The Morgan fingerprint density at radius 3 is 2.82 bits per heavy atom. The van der Waals surface area contributed by atoms with Crippen LogP contribution in [0.4, 0.5) is 0 Å². The van der Waals surface area contributed by atoms with Crippen molar-refractivity contribution < 1.29 is 4.79 Å². The Morgan fingerprint density at radius 1 is 1.32 bits per heavy atom. The maximum atomic E-state index is 12.1. The lowest BCUT2D eigenvalue weighted by atomic mass is 10.1. The molecule has 1 atom stereocenters. The highest BCUT2D eigenvalue weighted by Crippen LogP contribution is 2.12. The zero-order valence-electron chi connectivity index (χ0n) is 12.4. The van der Waals surface area contributed by atoms with Crippen LogP contribution in [0.1, 0.15) is 17.5 Å². The monoisotopic (exact) mass is 320 g/mol. The first kappa shape index (κ1) is 16.5. The van der Waals surface area contributed by atoms with Crippen molar-refractivity contribution in [3.05, 3.63) is 53.9 Å². The van der Waals surface area contributed by atoms with Crippen LogP contribution in [-0.4, -0.2) is 28.8 Å². The van der Waals surface area contributed by atoms with Gasteiger partial charge in [-0.3, -0.25) is 9.48 Å². The van der Waals surface area contributed by atoms with E-state index < -0.39 is 0 Å². The molecule has 1 unspecified atom stereocenters. The molecule has 3 rings (SSSR count). The van der Waals surface area contributed by atoms with Gasteiger partial charge in [-0.1, -0.05) is 24.3 Å². The summed E-state index contributed by atoms with van der Waals surface area (Å²) < 4.78 is 1.89. The average molecular weight is 321 g/mol. The molecule has 0 spiro atoms. The zero-order chi connectivity index (χ0) is 14.5. The lowest BCUT2D eigenvalue weighted by molar-refractivity contribution is -0.124. The predicted molar refractivity (Wildman–Crippen MR) is 87.8 cm³/mol. The van der Waals surface area contributed by atoms with Crippen molar-refractivity contribution in [3.63, 3.8) is 0 Å². The molecule has 2 N–H and O–H groups in total. The van der Waals surface area contributed by atoms with E-state index in [0.29, 0.717) is 6.54 Å². The number of rotatable bonds is 5. The van der Waals surface area contributed by atoms with Gasteiger partial charge in [0.25, 0.3) is 0 Å². The Labute approximate surface area is 136 Å². The van der Waals surface area contributed by atoms with E-state index in [0.717, 1.165) is 31.6 Å². The number of benzene rings is 1. The van der Waals surface area contributed by atoms with E-state index in [-0.39, 0.29) is 24.2 Å². The first-order chi connectivity index (χ1) is 10.3. The van der Waals surface area contributed by atoms with Gasteiger partial charge in [-0.15, -0.1) is 12.4 Å². The Balaban J connectivity index is 0.00000176. The third-order valence-electron chi connectivity index (χ3n) is 3.89. The van der Waals surface area contributed by atoms with Crippen molar-refractivity contribution in [2.24, 2.45) is 5.92 Å². The van der Waals surface area contributed by atoms with Gasteiger partial charge in [0.05, 0.1) is 12.5 Å². The minimum atomic E-state index is 0. The molecule has 1 saturated heterocycles. The smallest absolute Gasteiger partial charge is 0.224 e. The number of nitrogens with one attached hydrogen (secondary N) is 2. The second kappa shape index (κ2) is 7.96. The summed E-state index contributed by atoms with van der Waals surface area (Å²) >= 11 is 0. The summed E-state index contributed by atoms with van der Waals surface area (Å²) in [7, 11) is 0. The van der Waals surface area contributed by atoms with Gasteiger partial charge in [-0.25, -0.2) is 0 Å². The standard InChI is InChI=1S/C16H20N4O.ClH/c21-16(14-6-8-17-10-14)18-11-13-4-1-2-5-15(13)12-20-9-3-7-19-20;/h1-5,7,9,14,17H,6,8,10-12H2,(H,18,21);1H. The Hall–Kier alpha value is -1.85. The molecule has 1 amide bonds. The van der Waals surface area contributed by atoms with Gasteiger partial charge >= 0.3 is 0 Å². The van der Waals surface area contributed by atoms with Crippen molar-refractivity contribution in [2.75, 3.05) is 13.1 Å². The highest BCUT2D eigenvalue weighted by Gasteiger charge is 2.21. The van der Waals surface area contributed by atoms with E-state index in [1.165, 1.54) is 5.56 Å². The molecule has 0 aliphatic carbocycles. The Bertz CT molecular complexity index is 594. The van der Waals surface area contributed by atoms with Crippen LogP contribution in [0.5, 0.6) is 0 Å². The number of halogens is 1. The van der Waals surface area contributed by atoms with Gasteiger partial charge < -0.3 is 10.6 Å². The van der Waals surface area contributed by atoms with Crippen LogP contribution in [0.15, 0.2) is 42.7 Å². The fraction of sp³-hybridized carbons (Fsp3) is 0.375. The minimum Gasteiger partial charge on any atom is -0.352 e. The fourth-order valence-electron chi connectivity index (χ4n) is 2.66. The lowest BCUT2D eigenvalue weighted by Crippen LogP contribution is -2.31. The van der Waals surface area contributed by atoms with Crippen LogP contribution in [0, 0.1) is 5.92 Å². The topological polar surface area (TPSA) is 59.0 Å². The number of carbonyl (C=O) groups is 1. The van der Waals surface area contributed by atoms with Gasteiger partial charge in [0, 0.05) is 25.5 Å². The highest BCUT2D eigenvalue weighted by atomic mass is 35.5. The van der Waals surface area contributed by atoms with Crippen LogP contribution < -0.4 is 10.6 Å². The van der Waals surface area contributed by atoms with Crippen molar-refractivity contribution in [1.29, 1.82) is 0 Å². The third kappa shape index (κ3) is 4.08. The van der Waals surface area contributed by atoms with Gasteiger partial charge in [-0.2, -0.15) is 5.10 Å². The van der Waals surface area contributed by atoms with Crippen molar-refractivity contribution >= 4 is 18.3 Å². The van der Waals surface area contributed by atoms with Crippen LogP contribution in [0.3, 0.4) is 0 Å². The molecule has 1 aromatic heterocycles. The summed E-state index contributed by atoms with van der Waals surface area (Å²) in [5.74, 6) is 0.261. The molecule has 2 heterocycles. The molecule has 1 aromatic carbocycles. The normalized spacial score (nSPS) is 17.0. The molecular formula is C16H21ClN4O. The molecule has 22 heavy (non-hydrogen) atoms. The van der Waals surface area contributed by atoms with Crippen LogP contribution in [0.2, 0.25) is 0 Å². The van der Waals surface area contributed by atoms with Gasteiger partial charge in [0.15, 0.2) is 0 Å². The molecule has 0 saturated carbocycles. The molecular weight excluding hydrogens is 300 g/mol. The predicted octanol–water partition coefficient (Wildman–Crippen LogP) is 1.58. The number of carbonyl (C=O) groups excluding carboxylic acids is 1. The Kier molecular flexibility index (Phi) is 5.98. The fourth-order valence-corrected chi connectivity index (χ4v) is 2.66. The largest absolute Gasteiger partial charge is 0.352 e. The Morgan fingerprint density at radius 2 is 2.14 bits per heavy atom. The van der Waals surface area contributed by atoms with E-state index in [1.807, 2.05) is 29.1 Å². The molecule has 2 aromatic rings. The maximum absolute atomic E-state index is 12.1. The van der Waals surface area contributed by atoms with E-state index in [1.54, 1.807) is 6.20 Å². The highest BCUT2D eigenvalue weighted by molar-refractivity contribution is 5.85. The van der Waals surface area contributed by atoms with Crippen molar-refractivity contribution in [3.8, 4) is 0 Å². The van der Waals surface area contributed by atoms with Gasteiger partial charge in [-0.05, 0) is 30.2 Å². The summed E-state index contributed by atoms with van der Waals surface area (Å²) in [5, 5.41) is 10.5. The van der Waals surface area contributed by atoms with E-state index in [9.17, 15) is 4.79 Å². The van der Waals surface area contributed by atoms with Crippen molar-refractivity contribution in [2.45, 2.75) is 19.5 Å². The van der Waals surface area contributed by atoms with E-state index in [2.05, 4.69) is 27.9 Å². The number of aromatic nitrogens is 2. The molecule has 6 heteroatoms. The minimum absolute atomic E-state index is 0. The quantitative estimate of drug-likeness (QED) is 0.879. The van der Waals surface area contributed by atoms with E-state index in [4.69, 9.17) is 0 Å². The summed E-state index contributed by atoms with van der Waals surface area (Å²) in [6.45, 7) is 3.03. The third-order valence-corrected chi connectivity index (χ3v) is 3.89. The van der Waals surface area contributed by atoms with Crippen LogP contribution in [0.25, 0.3) is 0 Å². The molecule has 0 bridgehead atoms. The SMILES string of the molecule is Cl.O=C(NCc1ccccc1Cn1cccn1)C1CCNC1. The number of nitrogens with zero attached hydrogens (tertiary/aromatic N) is 2. The second-order valence-corrected chi connectivity index (χ2v) is 5.38. The summed E-state index contributed by atoms with van der Waals surface area (Å²) in [5.41, 5.74) is 2.33. The van der Waals surface area contributed by atoms with Crippen molar-refractivity contribution in [1.82, 2.24) is 20.4 Å². The first-order valence-electron chi connectivity index (χ1n) is 7.35. The van der Waals surface area contributed by atoms with Gasteiger partial charge in [0.1, 0.15) is 0 Å². The summed E-state index contributed by atoms with van der Waals surface area (Å²) in [6.07, 6.45) is 4.65. The maximum Gasteiger partial charge on any atom is 0.224 e. The van der Waals surface area contributed by atoms with Crippen LogP contribution in [-0.2, 0) is 17.9 Å². The molecule has 0 radical (unpaired) electrons. The van der Waals surface area contributed by atoms with E-state index >= 15 is 0 Å². The number of hydrogen-bond acceptors (Lipinski definition) is 3. The second-order valence-electron chi connectivity index (χ2n) is 5.38. The number of amides is 1. The summed E-state index contributed by atoms with van der Waals surface area (Å²) in [6, 6.07) is 10.1. The molecule has 1 fully saturated rings. The zero-order valence-corrected chi connectivity index (χ0v) is 13.2. The first-order valence-corrected chi connectivity index (χ1v) is 7.35. The van der Waals surface area contributed by atoms with Gasteiger partial charge in [0.2, 0.25) is 5.91 Å². The lowest BCUT2D eigenvalue weighted by Gasteiger charge is -2.13. The molecule has 1 aliphatic rings. The molecule has 5 nitrogen and oxygen atoms in total. The number of hydrogen-bond donors (Lipinski definition) is 2. The molecule has 118 valence electrons. The average Bonchev–Trinajstić information content (AvgIpc) is 3.19. The van der Waals surface area contributed by atoms with Crippen LogP contribution >= 0.6 is 12.4 Å². The molecule has 1 aliphatic heterocycles.